The second-order valence-electron chi connectivity index (χ2n) is 5.08. The average molecular weight is 272 g/mol. The van der Waals surface area contributed by atoms with Gasteiger partial charge >= 0.3 is 0 Å². The van der Waals surface area contributed by atoms with Crippen molar-refractivity contribution in [2.24, 2.45) is 5.73 Å². The Labute approximate surface area is 119 Å². The molecule has 0 aromatic carbocycles. The minimum absolute atomic E-state index is 0.539. The Morgan fingerprint density at radius 2 is 2.05 bits per heavy atom. The van der Waals surface area contributed by atoms with Crippen molar-refractivity contribution in [1.82, 2.24) is 9.88 Å². The summed E-state index contributed by atoms with van der Waals surface area (Å²) in [6, 6.07) is 8.10. The lowest BCUT2D eigenvalue weighted by molar-refractivity contribution is 0.230. The maximum atomic E-state index is 5.59. The van der Waals surface area contributed by atoms with Gasteiger partial charge in [-0.2, -0.15) is 0 Å². The molecular weight excluding hydrogens is 252 g/mol. The van der Waals surface area contributed by atoms with Gasteiger partial charge in [0, 0.05) is 44.5 Å². The summed E-state index contributed by atoms with van der Waals surface area (Å²) in [6.45, 7) is 5.44. The summed E-state index contributed by atoms with van der Waals surface area (Å²) in [4.78, 5) is 9.13. The van der Waals surface area contributed by atoms with Crippen LogP contribution in [0.3, 0.4) is 0 Å². The number of hydrogen-bond acceptors (Lipinski definition) is 5. The van der Waals surface area contributed by atoms with Crippen LogP contribution in [0.4, 0.5) is 5.82 Å². The molecule has 1 saturated heterocycles. The molecule has 2 aromatic heterocycles. The Morgan fingerprint density at radius 3 is 2.70 bits per heavy atom. The molecule has 0 saturated carbocycles. The van der Waals surface area contributed by atoms with E-state index >= 15 is 0 Å². The zero-order valence-electron chi connectivity index (χ0n) is 11.5. The number of furan rings is 1. The molecule has 5 nitrogen and oxygen atoms in total. The van der Waals surface area contributed by atoms with Crippen LogP contribution in [-0.4, -0.2) is 36.1 Å². The highest BCUT2D eigenvalue weighted by atomic mass is 16.3. The van der Waals surface area contributed by atoms with Crippen molar-refractivity contribution in [3.63, 3.8) is 0 Å². The third-order valence-electron chi connectivity index (χ3n) is 3.67. The summed E-state index contributed by atoms with van der Waals surface area (Å²) in [5, 5.41) is 0. The lowest BCUT2D eigenvalue weighted by Gasteiger charge is -2.34. The fourth-order valence-corrected chi connectivity index (χ4v) is 2.51. The number of hydrogen-bond donors (Lipinski definition) is 1. The molecule has 0 amide bonds. The van der Waals surface area contributed by atoms with Gasteiger partial charge in [0.2, 0.25) is 0 Å². The van der Waals surface area contributed by atoms with E-state index in [9.17, 15) is 0 Å². The van der Waals surface area contributed by atoms with Crippen molar-refractivity contribution < 1.29 is 4.42 Å². The summed E-state index contributed by atoms with van der Waals surface area (Å²) in [6.07, 6.45) is 3.60. The zero-order valence-corrected chi connectivity index (χ0v) is 11.5. The fourth-order valence-electron chi connectivity index (χ4n) is 2.51. The van der Waals surface area contributed by atoms with Crippen molar-refractivity contribution in [3.05, 3.63) is 48.0 Å². The number of piperazine rings is 1. The van der Waals surface area contributed by atoms with E-state index in [0.29, 0.717) is 6.54 Å². The smallest absolute Gasteiger partial charge is 0.128 e. The second-order valence-corrected chi connectivity index (χ2v) is 5.08. The van der Waals surface area contributed by atoms with Gasteiger partial charge in [-0.3, -0.25) is 4.90 Å². The third-order valence-corrected chi connectivity index (χ3v) is 3.67. The molecule has 0 spiro atoms. The molecule has 0 unspecified atom stereocenters. The van der Waals surface area contributed by atoms with Crippen LogP contribution in [0, 0.1) is 0 Å². The van der Waals surface area contributed by atoms with Gasteiger partial charge in [-0.15, -0.1) is 0 Å². The molecular formula is C15H20N4O. The van der Waals surface area contributed by atoms with Crippen LogP contribution in [0.15, 0.2) is 41.1 Å². The predicted molar refractivity (Wildman–Crippen MR) is 78.3 cm³/mol. The highest BCUT2D eigenvalue weighted by Gasteiger charge is 2.18. The Hall–Kier alpha value is -1.85. The first-order valence-corrected chi connectivity index (χ1v) is 7.00. The highest BCUT2D eigenvalue weighted by Crippen LogP contribution is 2.15. The Balaban J connectivity index is 1.53. The van der Waals surface area contributed by atoms with E-state index in [1.807, 2.05) is 24.4 Å². The monoisotopic (exact) mass is 272 g/mol. The van der Waals surface area contributed by atoms with Gasteiger partial charge in [0.15, 0.2) is 0 Å². The van der Waals surface area contributed by atoms with Gasteiger partial charge < -0.3 is 15.1 Å². The number of nitrogens with zero attached hydrogens (tertiary/aromatic N) is 3. The molecule has 106 valence electrons. The number of aromatic nitrogens is 1. The third kappa shape index (κ3) is 3.00. The van der Waals surface area contributed by atoms with Gasteiger partial charge in [-0.05, 0) is 18.2 Å². The normalized spacial score (nSPS) is 16.6. The van der Waals surface area contributed by atoms with Crippen molar-refractivity contribution in [3.8, 4) is 0 Å². The molecule has 1 aliphatic heterocycles. The Kier molecular flexibility index (Phi) is 3.99. The van der Waals surface area contributed by atoms with Crippen molar-refractivity contribution in [2.45, 2.75) is 13.1 Å². The van der Waals surface area contributed by atoms with Gasteiger partial charge in [0.1, 0.15) is 11.6 Å². The topological polar surface area (TPSA) is 58.5 Å². The molecule has 1 fully saturated rings. The first-order chi connectivity index (χ1) is 9.85. The summed E-state index contributed by atoms with van der Waals surface area (Å²) in [5.41, 5.74) is 6.65. The van der Waals surface area contributed by atoms with Crippen LogP contribution in [-0.2, 0) is 13.1 Å². The van der Waals surface area contributed by atoms with Crippen molar-refractivity contribution in [2.75, 3.05) is 31.1 Å². The summed E-state index contributed by atoms with van der Waals surface area (Å²) >= 11 is 0. The van der Waals surface area contributed by atoms with Gasteiger partial charge in [-0.1, -0.05) is 6.07 Å². The van der Waals surface area contributed by atoms with E-state index in [-0.39, 0.29) is 0 Å². The van der Waals surface area contributed by atoms with E-state index < -0.39 is 0 Å². The van der Waals surface area contributed by atoms with Crippen LogP contribution >= 0.6 is 0 Å². The van der Waals surface area contributed by atoms with Crippen LogP contribution in [0.1, 0.15) is 11.3 Å². The summed E-state index contributed by atoms with van der Waals surface area (Å²) < 4.78 is 5.52. The van der Waals surface area contributed by atoms with Crippen LogP contribution in [0.2, 0.25) is 0 Å². The average Bonchev–Trinajstić information content (AvgIpc) is 2.97. The minimum Gasteiger partial charge on any atom is -0.468 e. The van der Waals surface area contributed by atoms with Gasteiger partial charge in [0.05, 0.1) is 12.8 Å². The van der Waals surface area contributed by atoms with E-state index in [0.717, 1.165) is 49.9 Å². The lowest BCUT2D eigenvalue weighted by Crippen LogP contribution is -2.46. The number of nitrogens with two attached hydrogens (primary N) is 1. The summed E-state index contributed by atoms with van der Waals surface area (Å²) in [7, 11) is 0. The molecule has 2 aromatic rings. The summed E-state index contributed by atoms with van der Waals surface area (Å²) in [5.74, 6) is 2.06. The molecule has 0 atom stereocenters. The lowest BCUT2D eigenvalue weighted by atomic mass is 10.2. The maximum Gasteiger partial charge on any atom is 0.128 e. The predicted octanol–water partition coefficient (Wildman–Crippen LogP) is 1.46. The van der Waals surface area contributed by atoms with E-state index in [2.05, 4.69) is 20.9 Å². The molecule has 5 heteroatoms. The quantitative estimate of drug-likeness (QED) is 0.913. The standard InChI is InChI=1S/C15H20N4O/c16-10-13-9-14(20-12-13)11-18-5-7-19(8-6-18)15-3-1-2-4-17-15/h1-4,9,12H,5-8,10-11,16H2. The molecule has 0 radical (unpaired) electrons. The van der Waals surface area contributed by atoms with Crippen LogP contribution < -0.4 is 10.6 Å². The van der Waals surface area contributed by atoms with Gasteiger partial charge in [-0.25, -0.2) is 4.98 Å². The molecule has 20 heavy (non-hydrogen) atoms. The van der Waals surface area contributed by atoms with Crippen LogP contribution in [0.5, 0.6) is 0 Å². The highest BCUT2D eigenvalue weighted by molar-refractivity contribution is 5.38. The van der Waals surface area contributed by atoms with E-state index in [1.165, 1.54) is 0 Å². The van der Waals surface area contributed by atoms with Gasteiger partial charge in [0.25, 0.3) is 0 Å². The Morgan fingerprint density at radius 1 is 1.20 bits per heavy atom. The number of anilines is 1. The Bertz CT molecular complexity index is 532. The molecule has 3 heterocycles. The molecule has 0 aliphatic carbocycles. The first kappa shape index (κ1) is 13.1. The van der Waals surface area contributed by atoms with Crippen LogP contribution in [0.25, 0.3) is 0 Å². The van der Waals surface area contributed by atoms with Crippen molar-refractivity contribution in [1.29, 1.82) is 0 Å². The minimum atomic E-state index is 0.539. The maximum absolute atomic E-state index is 5.59. The fraction of sp³-hybridized carbons (Fsp3) is 0.400. The molecule has 0 bridgehead atoms. The zero-order chi connectivity index (χ0) is 13.8. The SMILES string of the molecule is NCc1coc(CN2CCN(c3ccccn3)CC2)c1. The van der Waals surface area contributed by atoms with E-state index in [1.54, 1.807) is 6.26 Å². The molecule has 1 aliphatic rings. The second kappa shape index (κ2) is 6.07. The van der Waals surface area contributed by atoms with E-state index in [4.69, 9.17) is 10.2 Å². The first-order valence-electron chi connectivity index (χ1n) is 7.00. The number of rotatable bonds is 4. The molecule has 2 N–H and O–H groups in total. The van der Waals surface area contributed by atoms with Crippen molar-refractivity contribution >= 4 is 5.82 Å². The molecule has 3 rings (SSSR count). The number of pyridine rings is 1. The largest absolute Gasteiger partial charge is 0.468 e.